The van der Waals surface area contributed by atoms with E-state index in [1.165, 1.54) is 0 Å². The molecule has 0 aliphatic rings. The lowest BCUT2D eigenvalue weighted by Crippen LogP contribution is -2.36. The van der Waals surface area contributed by atoms with Crippen molar-refractivity contribution in [3.8, 4) is 5.75 Å². The molecular weight excluding hydrogens is 258 g/mol. The first-order valence-corrected chi connectivity index (χ1v) is 6.68. The van der Waals surface area contributed by atoms with E-state index in [1.54, 1.807) is 0 Å². The van der Waals surface area contributed by atoms with Crippen LogP contribution < -0.4 is 10.1 Å². The lowest BCUT2D eigenvalue weighted by molar-refractivity contribution is -0.143. The highest BCUT2D eigenvalue weighted by atomic mass is 16.5. The van der Waals surface area contributed by atoms with Crippen LogP contribution in [0.15, 0.2) is 30.3 Å². The maximum Gasteiger partial charge on any atom is 0.308 e. The van der Waals surface area contributed by atoms with Gasteiger partial charge in [0.25, 0.3) is 0 Å². The predicted molar refractivity (Wildman–Crippen MR) is 75.5 cm³/mol. The van der Waals surface area contributed by atoms with Gasteiger partial charge in [0, 0.05) is 6.54 Å². The third-order valence-corrected chi connectivity index (χ3v) is 2.98. The summed E-state index contributed by atoms with van der Waals surface area (Å²) in [4.78, 5) is 22.6. The molecule has 1 rings (SSSR count). The normalized spacial score (nSPS) is 11.9. The van der Waals surface area contributed by atoms with Crippen molar-refractivity contribution < 1.29 is 19.4 Å². The van der Waals surface area contributed by atoms with Gasteiger partial charge in [0.1, 0.15) is 5.75 Å². The summed E-state index contributed by atoms with van der Waals surface area (Å²) in [6.07, 6.45) is 0.208. The van der Waals surface area contributed by atoms with E-state index in [9.17, 15) is 9.59 Å². The van der Waals surface area contributed by atoms with Gasteiger partial charge in [-0.3, -0.25) is 9.59 Å². The second-order valence-electron chi connectivity index (χ2n) is 4.90. The Morgan fingerprint density at radius 2 is 1.90 bits per heavy atom. The number of benzene rings is 1. The zero-order valence-electron chi connectivity index (χ0n) is 11.8. The van der Waals surface area contributed by atoms with Gasteiger partial charge < -0.3 is 15.2 Å². The van der Waals surface area contributed by atoms with Crippen molar-refractivity contribution in [2.24, 2.45) is 11.8 Å². The number of para-hydroxylation sites is 1. The summed E-state index contributed by atoms with van der Waals surface area (Å²) in [7, 11) is 0. The largest absolute Gasteiger partial charge is 0.493 e. The molecule has 0 heterocycles. The zero-order chi connectivity index (χ0) is 15.0. The van der Waals surface area contributed by atoms with Crippen LogP contribution in [0.4, 0.5) is 0 Å². The third kappa shape index (κ3) is 5.73. The molecule has 0 aliphatic heterocycles. The first-order valence-electron chi connectivity index (χ1n) is 6.68. The van der Waals surface area contributed by atoms with E-state index in [2.05, 4.69) is 5.32 Å². The van der Waals surface area contributed by atoms with Crippen LogP contribution in [0.5, 0.6) is 5.75 Å². The number of ether oxygens (including phenoxy) is 1. The molecule has 0 bridgehead atoms. The number of carbonyl (C=O) groups is 2. The van der Waals surface area contributed by atoms with E-state index in [1.807, 2.05) is 44.2 Å². The van der Waals surface area contributed by atoms with E-state index in [-0.39, 0.29) is 31.4 Å². The molecule has 5 heteroatoms. The number of hydrogen-bond acceptors (Lipinski definition) is 3. The van der Waals surface area contributed by atoms with Crippen LogP contribution in [0.1, 0.15) is 20.3 Å². The highest BCUT2D eigenvalue weighted by Crippen LogP contribution is 2.10. The maximum atomic E-state index is 11.6. The van der Waals surface area contributed by atoms with Gasteiger partial charge in [-0.15, -0.1) is 0 Å². The van der Waals surface area contributed by atoms with E-state index in [0.29, 0.717) is 5.75 Å². The molecule has 0 aromatic heterocycles. The van der Waals surface area contributed by atoms with E-state index in [4.69, 9.17) is 9.84 Å². The average Bonchev–Trinajstić information content (AvgIpc) is 2.39. The zero-order valence-corrected chi connectivity index (χ0v) is 11.8. The molecule has 0 saturated heterocycles. The number of carboxylic acid groups (broad SMARTS) is 1. The van der Waals surface area contributed by atoms with Crippen molar-refractivity contribution in [3.63, 3.8) is 0 Å². The molecule has 110 valence electrons. The summed E-state index contributed by atoms with van der Waals surface area (Å²) >= 11 is 0. The van der Waals surface area contributed by atoms with E-state index in [0.717, 1.165) is 0 Å². The van der Waals surface area contributed by atoms with Crippen molar-refractivity contribution in [1.29, 1.82) is 0 Å². The number of carboxylic acids is 1. The van der Waals surface area contributed by atoms with Crippen LogP contribution in [0.3, 0.4) is 0 Å². The SMILES string of the molecule is CC(C)C(CNC(=O)CCOc1ccccc1)C(=O)O. The monoisotopic (exact) mass is 279 g/mol. The summed E-state index contributed by atoms with van der Waals surface area (Å²) < 4.78 is 5.40. The summed E-state index contributed by atoms with van der Waals surface area (Å²) in [6.45, 7) is 4.07. The topological polar surface area (TPSA) is 75.6 Å². The van der Waals surface area contributed by atoms with Gasteiger partial charge in [-0.1, -0.05) is 32.0 Å². The molecule has 0 aliphatic carbocycles. The molecule has 0 radical (unpaired) electrons. The molecule has 1 aromatic carbocycles. The molecule has 1 aromatic rings. The molecule has 1 atom stereocenters. The Morgan fingerprint density at radius 3 is 2.45 bits per heavy atom. The smallest absolute Gasteiger partial charge is 0.308 e. The van der Waals surface area contributed by atoms with Crippen molar-refractivity contribution in [2.45, 2.75) is 20.3 Å². The maximum absolute atomic E-state index is 11.6. The Balaban J connectivity index is 2.25. The van der Waals surface area contributed by atoms with E-state index < -0.39 is 11.9 Å². The Hall–Kier alpha value is -2.04. The predicted octanol–water partition coefficient (Wildman–Crippen LogP) is 1.93. The molecule has 0 saturated carbocycles. The van der Waals surface area contributed by atoms with Crippen LogP contribution in [0.25, 0.3) is 0 Å². The standard InChI is InChI=1S/C15H21NO4/c1-11(2)13(15(18)19)10-16-14(17)8-9-20-12-6-4-3-5-7-12/h3-7,11,13H,8-10H2,1-2H3,(H,16,17)(H,18,19). The van der Waals surface area contributed by atoms with Crippen molar-refractivity contribution in [2.75, 3.05) is 13.2 Å². The first kappa shape index (κ1) is 16.0. The highest BCUT2D eigenvalue weighted by Gasteiger charge is 2.21. The number of amides is 1. The second-order valence-corrected chi connectivity index (χ2v) is 4.90. The lowest BCUT2D eigenvalue weighted by Gasteiger charge is -2.16. The van der Waals surface area contributed by atoms with Gasteiger partial charge in [0.15, 0.2) is 0 Å². The minimum absolute atomic E-state index is 0.0200. The molecule has 5 nitrogen and oxygen atoms in total. The minimum atomic E-state index is -0.888. The summed E-state index contributed by atoms with van der Waals surface area (Å²) in [5.41, 5.74) is 0. The number of aliphatic carboxylic acids is 1. The number of carbonyl (C=O) groups excluding carboxylic acids is 1. The molecule has 1 amide bonds. The van der Waals surface area contributed by atoms with Crippen molar-refractivity contribution >= 4 is 11.9 Å². The van der Waals surface area contributed by atoms with Crippen molar-refractivity contribution in [1.82, 2.24) is 5.32 Å². The summed E-state index contributed by atoms with van der Waals surface area (Å²) in [6, 6.07) is 9.23. The van der Waals surface area contributed by atoms with Gasteiger partial charge in [-0.2, -0.15) is 0 Å². The number of nitrogens with one attached hydrogen (secondary N) is 1. The Kier molecular flexibility index (Phi) is 6.56. The number of hydrogen-bond donors (Lipinski definition) is 2. The fourth-order valence-electron chi connectivity index (χ4n) is 1.70. The Labute approximate surface area is 118 Å². The third-order valence-electron chi connectivity index (χ3n) is 2.98. The van der Waals surface area contributed by atoms with Gasteiger partial charge >= 0.3 is 5.97 Å². The quantitative estimate of drug-likeness (QED) is 0.762. The Bertz CT molecular complexity index is 431. The van der Waals surface area contributed by atoms with Crippen LogP contribution in [-0.4, -0.2) is 30.1 Å². The molecule has 20 heavy (non-hydrogen) atoms. The summed E-state index contributed by atoms with van der Waals surface area (Å²) in [5, 5.41) is 11.6. The van der Waals surface area contributed by atoms with Crippen LogP contribution >= 0.6 is 0 Å². The average molecular weight is 279 g/mol. The fourth-order valence-corrected chi connectivity index (χ4v) is 1.70. The van der Waals surface area contributed by atoms with Gasteiger partial charge in [0.2, 0.25) is 5.91 Å². The molecule has 2 N–H and O–H groups in total. The van der Waals surface area contributed by atoms with Crippen molar-refractivity contribution in [3.05, 3.63) is 30.3 Å². The molecule has 0 fully saturated rings. The Morgan fingerprint density at radius 1 is 1.25 bits per heavy atom. The first-order chi connectivity index (χ1) is 9.50. The molecule has 1 unspecified atom stereocenters. The number of rotatable bonds is 8. The molecular formula is C15H21NO4. The van der Waals surface area contributed by atoms with Crippen LogP contribution in [0.2, 0.25) is 0 Å². The minimum Gasteiger partial charge on any atom is -0.493 e. The van der Waals surface area contributed by atoms with Crippen LogP contribution in [0, 0.1) is 11.8 Å². The molecule has 0 spiro atoms. The fraction of sp³-hybridized carbons (Fsp3) is 0.467. The van der Waals surface area contributed by atoms with Crippen LogP contribution in [-0.2, 0) is 9.59 Å². The summed E-state index contributed by atoms with van der Waals surface area (Å²) in [5.74, 6) is -0.957. The lowest BCUT2D eigenvalue weighted by atomic mass is 9.96. The van der Waals surface area contributed by atoms with Gasteiger partial charge in [0.05, 0.1) is 18.9 Å². The van der Waals surface area contributed by atoms with E-state index >= 15 is 0 Å². The highest BCUT2D eigenvalue weighted by molar-refractivity contribution is 5.77. The van der Waals surface area contributed by atoms with Gasteiger partial charge in [-0.05, 0) is 18.1 Å². The van der Waals surface area contributed by atoms with Gasteiger partial charge in [-0.25, -0.2) is 0 Å². The second kappa shape index (κ2) is 8.19.